The molecule has 19 heavy (non-hydrogen) atoms. The molecule has 2 heterocycles. The van der Waals surface area contributed by atoms with E-state index in [0.29, 0.717) is 6.04 Å². The van der Waals surface area contributed by atoms with Gasteiger partial charge in [0.15, 0.2) is 0 Å². The summed E-state index contributed by atoms with van der Waals surface area (Å²) in [5.41, 5.74) is 2.57. The van der Waals surface area contributed by atoms with Gasteiger partial charge >= 0.3 is 0 Å². The van der Waals surface area contributed by atoms with E-state index in [1.165, 1.54) is 11.1 Å². The van der Waals surface area contributed by atoms with Crippen LogP contribution in [0.1, 0.15) is 22.8 Å². The highest BCUT2D eigenvalue weighted by Gasteiger charge is 2.32. The molecular formula is C15H20N2OS. The predicted molar refractivity (Wildman–Crippen MR) is 79.4 cm³/mol. The molecule has 0 radical (unpaired) electrons. The van der Waals surface area contributed by atoms with Crippen molar-refractivity contribution in [2.45, 2.75) is 24.1 Å². The van der Waals surface area contributed by atoms with Gasteiger partial charge < -0.3 is 10.2 Å². The molecule has 4 heteroatoms. The van der Waals surface area contributed by atoms with Gasteiger partial charge in [0.25, 0.3) is 0 Å². The molecule has 2 aliphatic rings. The van der Waals surface area contributed by atoms with Crippen LogP contribution in [0.2, 0.25) is 0 Å². The molecule has 2 unspecified atom stereocenters. The van der Waals surface area contributed by atoms with Gasteiger partial charge in [-0.1, -0.05) is 24.3 Å². The van der Waals surface area contributed by atoms with Gasteiger partial charge in [0, 0.05) is 19.6 Å². The Morgan fingerprint density at radius 1 is 1.42 bits per heavy atom. The van der Waals surface area contributed by atoms with Crippen LogP contribution in [-0.4, -0.2) is 42.7 Å². The summed E-state index contributed by atoms with van der Waals surface area (Å²) >= 11 is 1.79. The van der Waals surface area contributed by atoms with Crippen LogP contribution in [0.25, 0.3) is 0 Å². The maximum Gasteiger partial charge on any atom is 0.240 e. The lowest BCUT2D eigenvalue weighted by Gasteiger charge is -2.31. The van der Waals surface area contributed by atoms with E-state index in [-0.39, 0.29) is 11.2 Å². The summed E-state index contributed by atoms with van der Waals surface area (Å²) in [5.74, 6) is 1.32. The van der Waals surface area contributed by atoms with E-state index >= 15 is 0 Å². The van der Waals surface area contributed by atoms with Crippen molar-refractivity contribution < 1.29 is 4.79 Å². The van der Waals surface area contributed by atoms with Gasteiger partial charge in [0.1, 0.15) is 5.25 Å². The number of benzene rings is 1. The molecule has 1 saturated heterocycles. The van der Waals surface area contributed by atoms with E-state index in [9.17, 15) is 4.79 Å². The fourth-order valence-electron chi connectivity index (χ4n) is 2.93. The van der Waals surface area contributed by atoms with E-state index in [1.54, 1.807) is 11.8 Å². The summed E-state index contributed by atoms with van der Waals surface area (Å²) in [6.07, 6.45) is 2.15. The summed E-state index contributed by atoms with van der Waals surface area (Å²) in [7, 11) is 1.96. The van der Waals surface area contributed by atoms with Crippen LogP contribution in [0, 0.1) is 0 Å². The number of aryl methyl sites for hydroxylation is 1. The minimum atomic E-state index is -0.00412. The Labute approximate surface area is 118 Å². The SMILES string of the molecule is CN(C(=O)C1SCCc2ccccc21)C1CCNC1. The van der Waals surface area contributed by atoms with Crippen molar-refractivity contribution in [1.82, 2.24) is 10.2 Å². The first-order valence-electron chi connectivity index (χ1n) is 6.94. The minimum absolute atomic E-state index is 0.00412. The van der Waals surface area contributed by atoms with Crippen molar-refractivity contribution in [3.63, 3.8) is 0 Å². The van der Waals surface area contributed by atoms with Crippen molar-refractivity contribution >= 4 is 17.7 Å². The van der Waals surface area contributed by atoms with Crippen molar-refractivity contribution in [3.05, 3.63) is 35.4 Å². The van der Waals surface area contributed by atoms with Gasteiger partial charge in [0.05, 0.1) is 0 Å². The lowest BCUT2D eigenvalue weighted by Crippen LogP contribution is -2.41. The van der Waals surface area contributed by atoms with E-state index < -0.39 is 0 Å². The van der Waals surface area contributed by atoms with Gasteiger partial charge in [0.2, 0.25) is 5.91 Å². The Morgan fingerprint density at radius 2 is 2.26 bits per heavy atom. The molecule has 2 aliphatic heterocycles. The van der Waals surface area contributed by atoms with Crippen molar-refractivity contribution in [1.29, 1.82) is 0 Å². The summed E-state index contributed by atoms with van der Waals surface area (Å²) in [6.45, 7) is 1.96. The monoisotopic (exact) mass is 276 g/mol. The van der Waals surface area contributed by atoms with Crippen LogP contribution in [0.5, 0.6) is 0 Å². The van der Waals surface area contributed by atoms with Gasteiger partial charge in [-0.05, 0) is 36.3 Å². The molecular weight excluding hydrogens is 256 g/mol. The molecule has 0 aliphatic carbocycles. The van der Waals surface area contributed by atoms with Gasteiger partial charge in [-0.3, -0.25) is 4.79 Å². The standard InChI is InChI=1S/C15H20N2OS/c1-17(12-6-8-16-10-12)15(18)14-13-5-3-2-4-11(13)7-9-19-14/h2-5,12,14,16H,6-10H2,1H3. The lowest BCUT2D eigenvalue weighted by molar-refractivity contribution is -0.131. The molecule has 1 N–H and O–H groups in total. The Balaban J connectivity index is 1.80. The first kappa shape index (κ1) is 13.0. The summed E-state index contributed by atoms with van der Waals surface area (Å²) in [4.78, 5) is 14.7. The normalized spacial score (nSPS) is 25.9. The van der Waals surface area contributed by atoms with Gasteiger partial charge in [-0.25, -0.2) is 0 Å². The first-order chi connectivity index (χ1) is 9.27. The number of amides is 1. The average molecular weight is 276 g/mol. The maximum atomic E-state index is 12.7. The molecule has 0 spiro atoms. The van der Waals surface area contributed by atoms with Crippen LogP contribution in [0.3, 0.4) is 0 Å². The lowest BCUT2D eigenvalue weighted by atomic mass is 10.0. The molecule has 1 fully saturated rings. The highest BCUT2D eigenvalue weighted by molar-refractivity contribution is 8.00. The smallest absolute Gasteiger partial charge is 0.240 e. The number of hydrogen-bond donors (Lipinski definition) is 1. The van der Waals surface area contributed by atoms with E-state index in [4.69, 9.17) is 0 Å². The highest BCUT2D eigenvalue weighted by Crippen LogP contribution is 2.38. The summed E-state index contributed by atoms with van der Waals surface area (Å²) < 4.78 is 0. The molecule has 3 nitrogen and oxygen atoms in total. The Bertz CT molecular complexity index is 471. The molecule has 0 aromatic heterocycles. The van der Waals surface area contributed by atoms with Crippen LogP contribution in [0.4, 0.5) is 0 Å². The quantitative estimate of drug-likeness (QED) is 0.894. The number of nitrogens with one attached hydrogen (secondary N) is 1. The number of nitrogens with zero attached hydrogens (tertiary/aromatic N) is 1. The molecule has 102 valence electrons. The van der Waals surface area contributed by atoms with Crippen LogP contribution >= 0.6 is 11.8 Å². The molecule has 1 aromatic rings. The van der Waals surface area contributed by atoms with Crippen LogP contribution in [0.15, 0.2) is 24.3 Å². The number of rotatable bonds is 2. The third kappa shape index (κ3) is 2.51. The Hall–Kier alpha value is -1.00. The van der Waals surface area contributed by atoms with Gasteiger partial charge in [-0.2, -0.15) is 0 Å². The first-order valence-corrected chi connectivity index (χ1v) is 7.99. The molecule has 0 saturated carbocycles. The van der Waals surface area contributed by atoms with E-state index in [0.717, 1.165) is 31.7 Å². The number of carbonyl (C=O) groups is 1. The third-order valence-electron chi connectivity index (χ3n) is 4.15. The molecule has 0 bridgehead atoms. The number of hydrogen-bond acceptors (Lipinski definition) is 3. The Kier molecular flexibility index (Phi) is 3.80. The zero-order valence-electron chi connectivity index (χ0n) is 11.3. The van der Waals surface area contributed by atoms with Crippen LogP contribution in [-0.2, 0) is 11.2 Å². The van der Waals surface area contributed by atoms with E-state index in [2.05, 4.69) is 23.5 Å². The number of thioether (sulfide) groups is 1. The second-order valence-corrected chi connectivity index (χ2v) is 6.51. The number of fused-ring (bicyclic) bond motifs is 1. The number of likely N-dealkylation sites (N-methyl/N-ethyl adjacent to an activating group) is 1. The zero-order chi connectivity index (χ0) is 13.2. The van der Waals surface area contributed by atoms with Crippen molar-refractivity contribution in [2.75, 3.05) is 25.9 Å². The molecule has 1 aromatic carbocycles. The predicted octanol–water partition coefficient (Wildman–Crippen LogP) is 1.84. The van der Waals surface area contributed by atoms with Crippen LogP contribution < -0.4 is 5.32 Å². The number of carbonyl (C=O) groups excluding carboxylic acids is 1. The summed E-state index contributed by atoms with van der Waals surface area (Å²) in [5, 5.41) is 3.33. The fourth-order valence-corrected chi connectivity index (χ4v) is 4.23. The fraction of sp³-hybridized carbons (Fsp3) is 0.533. The van der Waals surface area contributed by atoms with Gasteiger partial charge in [-0.15, -0.1) is 11.8 Å². The molecule has 3 rings (SSSR count). The minimum Gasteiger partial charge on any atom is -0.340 e. The second-order valence-electron chi connectivity index (χ2n) is 5.30. The largest absolute Gasteiger partial charge is 0.340 e. The second kappa shape index (κ2) is 5.55. The molecule has 1 amide bonds. The highest BCUT2D eigenvalue weighted by atomic mass is 32.2. The summed E-state index contributed by atoms with van der Waals surface area (Å²) in [6, 6.07) is 8.75. The third-order valence-corrected chi connectivity index (χ3v) is 5.38. The van der Waals surface area contributed by atoms with E-state index in [1.807, 2.05) is 18.0 Å². The Morgan fingerprint density at radius 3 is 3.05 bits per heavy atom. The average Bonchev–Trinajstić information content (AvgIpc) is 2.99. The maximum absolute atomic E-state index is 12.7. The topological polar surface area (TPSA) is 32.3 Å². The molecule has 2 atom stereocenters. The van der Waals surface area contributed by atoms with Crippen molar-refractivity contribution in [3.8, 4) is 0 Å². The zero-order valence-corrected chi connectivity index (χ0v) is 12.1. The van der Waals surface area contributed by atoms with Crippen molar-refractivity contribution in [2.24, 2.45) is 0 Å².